The highest BCUT2D eigenvalue weighted by Gasteiger charge is 2.28. The minimum absolute atomic E-state index is 0.0842. The number of nitrogens with two attached hydrogens (primary N) is 1. The van der Waals surface area contributed by atoms with Gasteiger partial charge in [-0.25, -0.2) is 4.57 Å². The molecule has 0 heterocycles. The highest BCUT2D eigenvalue weighted by molar-refractivity contribution is 7.47. The molecule has 0 aromatic heterocycles. The normalized spacial score (nSPS) is 15.0. The summed E-state index contributed by atoms with van der Waals surface area (Å²) in [6.07, 6.45) is 48.3. The number of hydrogen-bond donors (Lipinski definition) is 4. The fourth-order valence-electron chi connectivity index (χ4n) is 5.64. The average Bonchev–Trinajstić information content (AvgIpc) is 3.23. The highest BCUT2D eigenvalue weighted by Crippen LogP contribution is 2.43. The number of carbonyl (C=O) groups excluding carboxylic acids is 2. The molecule has 0 amide bonds. The number of allylic oxidation sites excluding steroid dienone is 13. The maximum Gasteiger partial charge on any atom is 0.472 e. The Morgan fingerprint density at radius 1 is 0.607 bits per heavy atom. The van der Waals surface area contributed by atoms with Crippen molar-refractivity contribution in [1.82, 2.24) is 0 Å². The van der Waals surface area contributed by atoms with Crippen LogP contribution in [0.15, 0.2) is 85.1 Å². The molecule has 0 rings (SSSR count). The Labute approximate surface area is 367 Å². The molecule has 0 aromatic carbocycles. The maximum absolute atomic E-state index is 12.7. The van der Waals surface area contributed by atoms with Crippen LogP contribution in [0.4, 0.5) is 0 Å². The van der Waals surface area contributed by atoms with Crippen LogP contribution < -0.4 is 5.73 Å². The molecular formula is C48H80NO11P. The first-order chi connectivity index (χ1) is 29.5. The molecule has 0 radical (unpaired) electrons. The van der Waals surface area contributed by atoms with Gasteiger partial charge in [0.1, 0.15) is 12.6 Å². The second kappa shape index (κ2) is 41.9. The summed E-state index contributed by atoms with van der Waals surface area (Å²) in [6.45, 7) is 2.43. The minimum Gasteiger partial charge on any atom is -0.480 e. The van der Waals surface area contributed by atoms with Crippen LogP contribution in [0.5, 0.6) is 0 Å². The molecule has 0 saturated carbocycles. The number of carbonyl (C=O) groups is 3. The second-order valence-electron chi connectivity index (χ2n) is 15.0. The van der Waals surface area contributed by atoms with E-state index in [1.807, 2.05) is 12.2 Å². The van der Waals surface area contributed by atoms with Crippen molar-refractivity contribution in [3.63, 3.8) is 0 Å². The summed E-state index contributed by atoms with van der Waals surface area (Å²) >= 11 is 0. The lowest BCUT2D eigenvalue weighted by Gasteiger charge is -2.20. The molecule has 4 atom stereocenters. The standard InChI is InChI=1S/C48H80NO11P/c1-3-5-7-9-11-13-15-17-19-21-23-25-27-29-31-33-35-37-47(52)60-44(41-58-61(55,56)59-42-45(49)48(53)54)40-57-46(51)39-38-43(50)36-34-32-30-28-26-24-22-20-18-16-14-12-10-8-6-4-2/h6,8,12,14,17-20,24,26,30,32,34,36,43-45,50H,3-5,7,9-11,13,15-16,21-23,25,27-29,31,33,35,37-42,49H2,1-2H3,(H,53,54)(H,55,56)/b8-6-,14-12-,19-17-,20-18-,26-24-,32-30-,36-34-/t43?,44-,45+/m1/s1. The van der Waals surface area contributed by atoms with Gasteiger partial charge in [-0.05, 0) is 70.6 Å². The number of aliphatic hydroxyl groups is 1. The van der Waals surface area contributed by atoms with Gasteiger partial charge in [-0.2, -0.15) is 0 Å². The predicted molar refractivity (Wildman–Crippen MR) is 246 cm³/mol. The molecule has 61 heavy (non-hydrogen) atoms. The third-order valence-corrected chi connectivity index (χ3v) is 10.2. The monoisotopic (exact) mass is 878 g/mol. The smallest absolute Gasteiger partial charge is 0.472 e. The number of rotatable bonds is 41. The van der Waals surface area contributed by atoms with Crippen molar-refractivity contribution in [3.05, 3.63) is 85.1 Å². The summed E-state index contributed by atoms with van der Waals surface area (Å²) in [5.41, 5.74) is 5.32. The lowest BCUT2D eigenvalue weighted by atomic mass is 10.1. The zero-order valence-corrected chi connectivity index (χ0v) is 38.2. The second-order valence-corrected chi connectivity index (χ2v) is 16.5. The largest absolute Gasteiger partial charge is 0.480 e. The Hall–Kier alpha value is -3.38. The van der Waals surface area contributed by atoms with E-state index in [-0.39, 0.29) is 19.3 Å². The fraction of sp³-hybridized carbons (Fsp3) is 0.646. The van der Waals surface area contributed by atoms with Gasteiger partial charge >= 0.3 is 25.7 Å². The molecule has 0 bridgehead atoms. The van der Waals surface area contributed by atoms with E-state index >= 15 is 0 Å². The van der Waals surface area contributed by atoms with Crippen molar-refractivity contribution in [2.45, 2.75) is 180 Å². The number of hydrogen-bond acceptors (Lipinski definition) is 10. The van der Waals surface area contributed by atoms with Crippen LogP contribution in [0.1, 0.15) is 162 Å². The summed E-state index contributed by atoms with van der Waals surface area (Å²) in [7, 11) is -4.78. The van der Waals surface area contributed by atoms with Gasteiger partial charge in [0.2, 0.25) is 0 Å². The summed E-state index contributed by atoms with van der Waals surface area (Å²) in [5, 5.41) is 19.2. The minimum atomic E-state index is -4.78. The van der Waals surface area contributed by atoms with E-state index in [1.54, 1.807) is 12.2 Å². The number of ether oxygens (including phenoxy) is 2. The van der Waals surface area contributed by atoms with E-state index in [9.17, 15) is 28.9 Å². The van der Waals surface area contributed by atoms with Gasteiger partial charge in [-0.3, -0.25) is 23.4 Å². The van der Waals surface area contributed by atoms with Crippen LogP contribution in [0, 0.1) is 0 Å². The van der Waals surface area contributed by atoms with E-state index in [4.69, 9.17) is 24.8 Å². The first kappa shape index (κ1) is 57.6. The number of unbranched alkanes of at least 4 members (excludes halogenated alkanes) is 13. The number of phosphoric acid groups is 1. The van der Waals surface area contributed by atoms with Crippen molar-refractivity contribution in [2.24, 2.45) is 5.73 Å². The van der Waals surface area contributed by atoms with Gasteiger partial charge in [0.25, 0.3) is 0 Å². The maximum atomic E-state index is 12.7. The number of aliphatic hydroxyl groups excluding tert-OH is 1. The molecule has 0 aliphatic heterocycles. The zero-order valence-electron chi connectivity index (χ0n) is 37.3. The number of aliphatic carboxylic acids is 1. The molecule has 0 aromatic rings. The van der Waals surface area contributed by atoms with Gasteiger partial charge in [0.15, 0.2) is 6.10 Å². The summed E-state index contributed by atoms with van der Waals surface area (Å²) in [5.74, 6) is -2.70. The van der Waals surface area contributed by atoms with Crippen molar-refractivity contribution in [2.75, 3.05) is 19.8 Å². The fourth-order valence-corrected chi connectivity index (χ4v) is 6.42. The molecule has 12 nitrogen and oxygen atoms in total. The van der Waals surface area contributed by atoms with Crippen LogP contribution >= 0.6 is 7.82 Å². The van der Waals surface area contributed by atoms with Crippen molar-refractivity contribution in [1.29, 1.82) is 0 Å². The average molecular weight is 878 g/mol. The van der Waals surface area contributed by atoms with E-state index < -0.39 is 63.8 Å². The van der Waals surface area contributed by atoms with Crippen molar-refractivity contribution in [3.8, 4) is 0 Å². The first-order valence-corrected chi connectivity index (χ1v) is 24.2. The summed E-state index contributed by atoms with van der Waals surface area (Å²) < 4.78 is 32.5. The highest BCUT2D eigenvalue weighted by atomic mass is 31.2. The Balaban J connectivity index is 4.58. The SMILES string of the molecule is CC/C=C\C/C=C\C/C=C\C/C=C\C/C=C\C=C/C(O)CCC(=O)OC[C@H](COP(=O)(O)OC[C@H](N)C(=O)O)OC(=O)CCCCCCCCC/C=C\CCCCCCCC. The van der Waals surface area contributed by atoms with Crippen LogP contribution in [0.3, 0.4) is 0 Å². The van der Waals surface area contributed by atoms with Gasteiger partial charge in [-0.1, -0.05) is 163 Å². The van der Waals surface area contributed by atoms with Gasteiger partial charge < -0.3 is 30.3 Å². The predicted octanol–water partition coefficient (Wildman–Crippen LogP) is 11.3. The van der Waals surface area contributed by atoms with E-state index in [2.05, 4.69) is 79.1 Å². The molecule has 0 saturated heterocycles. The Morgan fingerprint density at radius 2 is 1.11 bits per heavy atom. The molecule has 13 heteroatoms. The molecule has 5 N–H and O–H groups in total. The molecule has 348 valence electrons. The number of phosphoric ester groups is 1. The lowest BCUT2D eigenvalue weighted by Crippen LogP contribution is -2.34. The Kier molecular flexibility index (Phi) is 39.6. The first-order valence-electron chi connectivity index (χ1n) is 22.7. The number of carboxylic acid groups (broad SMARTS) is 1. The lowest BCUT2D eigenvalue weighted by molar-refractivity contribution is -0.161. The zero-order chi connectivity index (χ0) is 45.1. The van der Waals surface area contributed by atoms with Crippen LogP contribution in [-0.2, 0) is 37.5 Å². The Bertz CT molecular complexity index is 1370. The van der Waals surface area contributed by atoms with Crippen LogP contribution in [0.25, 0.3) is 0 Å². The van der Waals surface area contributed by atoms with E-state index in [0.717, 1.165) is 64.2 Å². The number of carboxylic acids is 1. The summed E-state index contributed by atoms with van der Waals surface area (Å²) in [4.78, 5) is 46.0. The van der Waals surface area contributed by atoms with Gasteiger partial charge in [0, 0.05) is 12.8 Å². The van der Waals surface area contributed by atoms with Gasteiger partial charge in [-0.15, -0.1) is 0 Å². The van der Waals surface area contributed by atoms with Crippen LogP contribution in [0.2, 0.25) is 0 Å². The molecule has 0 aliphatic carbocycles. The molecule has 0 fully saturated rings. The van der Waals surface area contributed by atoms with Gasteiger partial charge in [0.05, 0.1) is 19.3 Å². The topological polar surface area (TPSA) is 192 Å². The van der Waals surface area contributed by atoms with E-state index in [1.165, 1.54) is 57.8 Å². The van der Waals surface area contributed by atoms with E-state index in [0.29, 0.717) is 6.42 Å². The molecule has 0 aliphatic rings. The Morgan fingerprint density at radius 3 is 1.67 bits per heavy atom. The molecule has 2 unspecified atom stereocenters. The third kappa shape index (κ3) is 41.7. The van der Waals surface area contributed by atoms with Crippen molar-refractivity contribution < 1.29 is 52.6 Å². The van der Waals surface area contributed by atoms with Crippen LogP contribution in [-0.4, -0.2) is 71.1 Å². The third-order valence-electron chi connectivity index (χ3n) is 9.24. The quantitative estimate of drug-likeness (QED) is 0.0150. The molecule has 0 spiro atoms. The number of esters is 2. The summed E-state index contributed by atoms with van der Waals surface area (Å²) in [6, 6.07) is -1.56. The molecular weight excluding hydrogens is 797 g/mol. The van der Waals surface area contributed by atoms with Crippen molar-refractivity contribution >= 4 is 25.7 Å².